The van der Waals surface area contributed by atoms with Gasteiger partial charge in [-0.1, -0.05) is 36.4 Å². The zero-order valence-electron chi connectivity index (χ0n) is 16.1. The van der Waals surface area contributed by atoms with Gasteiger partial charge in [0.05, 0.1) is 13.7 Å². The molecule has 5 nitrogen and oxygen atoms in total. The third kappa shape index (κ3) is 6.33. The number of carbonyl (C=O) groups is 1. The number of ether oxygens (including phenoxy) is 2. The molecule has 3 aromatic carbocycles. The first-order valence-corrected chi connectivity index (χ1v) is 9.58. The molecule has 6 heteroatoms. The molecule has 0 radical (unpaired) electrons. The first-order valence-electron chi connectivity index (χ1n) is 9.17. The molecule has 0 spiro atoms. The minimum atomic E-state index is -0.301. The van der Waals surface area contributed by atoms with Crippen molar-refractivity contribution in [2.24, 2.45) is 0 Å². The van der Waals surface area contributed by atoms with Crippen LogP contribution in [-0.2, 0) is 6.42 Å². The van der Waals surface area contributed by atoms with E-state index in [0.717, 1.165) is 17.9 Å². The number of rotatable bonds is 7. The van der Waals surface area contributed by atoms with Crippen LogP contribution in [0.1, 0.15) is 15.9 Å². The van der Waals surface area contributed by atoms with E-state index >= 15 is 0 Å². The van der Waals surface area contributed by atoms with Gasteiger partial charge in [0.2, 0.25) is 0 Å². The second-order valence-electron chi connectivity index (χ2n) is 6.25. The highest BCUT2D eigenvalue weighted by Crippen LogP contribution is 2.16. The lowest BCUT2D eigenvalue weighted by molar-refractivity contribution is 0.0977. The number of hydrogen-bond acceptors (Lipinski definition) is 4. The lowest BCUT2D eigenvalue weighted by Crippen LogP contribution is -2.34. The maximum Gasteiger partial charge on any atom is 0.257 e. The normalized spacial score (nSPS) is 10.1. The topological polar surface area (TPSA) is 59.6 Å². The van der Waals surface area contributed by atoms with E-state index < -0.39 is 0 Å². The standard InChI is InChI=1S/C23H22N2O3S/c1-27-20-12-10-19(11-13-20)24-23(29)25-22(26)18-8-5-9-21(16-18)28-15-14-17-6-3-2-4-7-17/h2-13,16H,14-15H2,1H3,(H2,24,25,26,29). The van der Waals surface area contributed by atoms with Crippen molar-refractivity contribution in [1.82, 2.24) is 5.32 Å². The summed E-state index contributed by atoms with van der Waals surface area (Å²) in [4.78, 5) is 12.5. The fourth-order valence-electron chi connectivity index (χ4n) is 2.67. The SMILES string of the molecule is COc1ccc(NC(=S)NC(=O)c2cccc(OCCc3ccccc3)c2)cc1. The third-order valence-electron chi connectivity index (χ3n) is 4.17. The summed E-state index contributed by atoms with van der Waals surface area (Å²) in [6, 6.07) is 24.4. The van der Waals surface area contributed by atoms with Crippen molar-refractivity contribution in [3.8, 4) is 11.5 Å². The fraction of sp³-hybridized carbons (Fsp3) is 0.130. The van der Waals surface area contributed by atoms with Crippen LogP contribution in [0.3, 0.4) is 0 Å². The number of carbonyl (C=O) groups excluding carboxylic acids is 1. The highest BCUT2D eigenvalue weighted by atomic mass is 32.1. The van der Waals surface area contributed by atoms with Crippen LogP contribution in [0.4, 0.5) is 5.69 Å². The van der Waals surface area contributed by atoms with Crippen LogP contribution in [0.5, 0.6) is 11.5 Å². The second-order valence-corrected chi connectivity index (χ2v) is 6.66. The number of amides is 1. The zero-order chi connectivity index (χ0) is 20.5. The highest BCUT2D eigenvalue weighted by Gasteiger charge is 2.09. The Morgan fingerprint density at radius 2 is 1.69 bits per heavy atom. The van der Waals surface area contributed by atoms with E-state index in [1.807, 2.05) is 48.5 Å². The first kappa shape index (κ1) is 20.4. The van der Waals surface area contributed by atoms with E-state index in [2.05, 4.69) is 22.8 Å². The zero-order valence-corrected chi connectivity index (χ0v) is 16.9. The number of methoxy groups -OCH3 is 1. The molecule has 0 saturated heterocycles. The maximum absolute atomic E-state index is 12.5. The van der Waals surface area contributed by atoms with E-state index in [1.165, 1.54) is 5.56 Å². The smallest absolute Gasteiger partial charge is 0.257 e. The van der Waals surface area contributed by atoms with Crippen LogP contribution < -0.4 is 20.1 Å². The van der Waals surface area contributed by atoms with Gasteiger partial charge in [-0.2, -0.15) is 0 Å². The predicted molar refractivity (Wildman–Crippen MR) is 119 cm³/mol. The number of anilines is 1. The lowest BCUT2D eigenvalue weighted by atomic mass is 10.2. The Kier molecular flexibility index (Phi) is 7.19. The molecule has 29 heavy (non-hydrogen) atoms. The third-order valence-corrected chi connectivity index (χ3v) is 4.38. The molecule has 3 rings (SSSR count). The van der Waals surface area contributed by atoms with Crippen molar-refractivity contribution in [3.05, 3.63) is 90.0 Å². The van der Waals surface area contributed by atoms with Gasteiger partial charge in [0.25, 0.3) is 5.91 Å². The average molecular weight is 407 g/mol. The molecule has 0 atom stereocenters. The molecule has 1 amide bonds. The Labute approximate surface area is 175 Å². The number of benzene rings is 3. The van der Waals surface area contributed by atoms with Gasteiger partial charge >= 0.3 is 0 Å². The maximum atomic E-state index is 12.5. The summed E-state index contributed by atoms with van der Waals surface area (Å²) in [5, 5.41) is 5.87. The van der Waals surface area contributed by atoms with E-state index in [1.54, 1.807) is 25.3 Å². The molecule has 0 fully saturated rings. The van der Waals surface area contributed by atoms with E-state index in [0.29, 0.717) is 17.9 Å². The molecule has 0 bridgehead atoms. The van der Waals surface area contributed by atoms with Crippen molar-refractivity contribution in [1.29, 1.82) is 0 Å². The van der Waals surface area contributed by atoms with Gasteiger partial charge in [-0.25, -0.2) is 0 Å². The Morgan fingerprint density at radius 1 is 0.931 bits per heavy atom. The molecule has 148 valence electrons. The van der Waals surface area contributed by atoms with E-state index in [-0.39, 0.29) is 11.0 Å². The van der Waals surface area contributed by atoms with Crippen LogP contribution in [0.25, 0.3) is 0 Å². The van der Waals surface area contributed by atoms with Crippen molar-refractivity contribution in [3.63, 3.8) is 0 Å². The van der Waals surface area contributed by atoms with Crippen LogP contribution in [0, 0.1) is 0 Å². The summed E-state index contributed by atoms with van der Waals surface area (Å²) in [5.41, 5.74) is 2.44. The van der Waals surface area contributed by atoms with Crippen LogP contribution in [0.2, 0.25) is 0 Å². The summed E-state index contributed by atoms with van der Waals surface area (Å²) < 4.78 is 10.9. The molecule has 0 aromatic heterocycles. The van der Waals surface area contributed by atoms with Gasteiger partial charge in [0.1, 0.15) is 11.5 Å². The van der Waals surface area contributed by atoms with Gasteiger partial charge < -0.3 is 14.8 Å². The molecule has 2 N–H and O–H groups in total. The van der Waals surface area contributed by atoms with Crippen molar-refractivity contribution < 1.29 is 14.3 Å². The van der Waals surface area contributed by atoms with Gasteiger partial charge in [-0.15, -0.1) is 0 Å². The summed E-state index contributed by atoms with van der Waals surface area (Å²) in [7, 11) is 1.60. The summed E-state index contributed by atoms with van der Waals surface area (Å²) in [6.07, 6.45) is 0.799. The van der Waals surface area contributed by atoms with Crippen LogP contribution in [-0.4, -0.2) is 24.7 Å². The minimum Gasteiger partial charge on any atom is -0.497 e. The van der Waals surface area contributed by atoms with Crippen molar-refractivity contribution in [2.75, 3.05) is 19.0 Å². The fourth-order valence-corrected chi connectivity index (χ4v) is 2.88. The van der Waals surface area contributed by atoms with Crippen LogP contribution in [0.15, 0.2) is 78.9 Å². The summed E-state index contributed by atoms with van der Waals surface area (Å²) in [5.74, 6) is 1.08. The molecular weight excluding hydrogens is 384 g/mol. The van der Waals surface area contributed by atoms with E-state index in [4.69, 9.17) is 21.7 Å². The van der Waals surface area contributed by atoms with Gasteiger partial charge in [-0.05, 0) is 60.2 Å². The van der Waals surface area contributed by atoms with Crippen molar-refractivity contribution in [2.45, 2.75) is 6.42 Å². The number of thiocarbonyl (C=S) groups is 1. The second kappa shape index (κ2) is 10.2. The van der Waals surface area contributed by atoms with Gasteiger partial charge in [-0.3, -0.25) is 10.1 Å². The quantitative estimate of drug-likeness (QED) is 0.568. The highest BCUT2D eigenvalue weighted by molar-refractivity contribution is 7.80. The Morgan fingerprint density at radius 3 is 2.41 bits per heavy atom. The molecule has 0 aliphatic heterocycles. The van der Waals surface area contributed by atoms with E-state index in [9.17, 15) is 4.79 Å². The number of nitrogens with one attached hydrogen (secondary N) is 2. The Balaban J connectivity index is 1.52. The van der Waals surface area contributed by atoms with Crippen molar-refractivity contribution >= 4 is 28.9 Å². The molecule has 0 saturated carbocycles. The van der Waals surface area contributed by atoms with Gasteiger partial charge in [0, 0.05) is 17.7 Å². The lowest BCUT2D eigenvalue weighted by Gasteiger charge is -2.11. The average Bonchev–Trinajstić information content (AvgIpc) is 2.75. The molecule has 0 heterocycles. The van der Waals surface area contributed by atoms with Gasteiger partial charge in [0.15, 0.2) is 5.11 Å². The molecule has 0 aliphatic carbocycles. The molecule has 0 aliphatic rings. The van der Waals surface area contributed by atoms with Crippen LogP contribution >= 0.6 is 12.2 Å². The monoisotopic (exact) mass is 406 g/mol. The minimum absolute atomic E-state index is 0.218. The summed E-state index contributed by atoms with van der Waals surface area (Å²) in [6.45, 7) is 0.534. The predicted octanol–water partition coefficient (Wildman–Crippen LogP) is 4.44. The largest absolute Gasteiger partial charge is 0.497 e. The summed E-state index contributed by atoms with van der Waals surface area (Å²) >= 11 is 5.22. The Bertz CT molecular complexity index is 959. The molecule has 0 unspecified atom stereocenters. The molecular formula is C23H22N2O3S. The first-order chi connectivity index (χ1) is 14.1. The molecule has 3 aromatic rings. The number of hydrogen-bond donors (Lipinski definition) is 2. The Hall–Kier alpha value is -3.38.